The second kappa shape index (κ2) is 7.69. The highest BCUT2D eigenvalue weighted by atomic mass is 16.2. The molecule has 0 fully saturated rings. The first-order chi connectivity index (χ1) is 9.13. The van der Waals surface area contributed by atoms with Gasteiger partial charge in [-0.15, -0.1) is 0 Å². The predicted molar refractivity (Wildman–Crippen MR) is 75.9 cm³/mol. The minimum absolute atomic E-state index is 0.366. The zero-order chi connectivity index (χ0) is 14.3. The predicted octanol–water partition coefficient (Wildman–Crippen LogP) is 1.25. The summed E-state index contributed by atoms with van der Waals surface area (Å²) < 4.78 is 0. The van der Waals surface area contributed by atoms with Crippen molar-refractivity contribution in [3.05, 3.63) is 35.9 Å². The summed E-state index contributed by atoms with van der Waals surface area (Å²) in [5.41, 5.74) is 1.04. The van der Waals surface area contributed by atoms with Gasteiger partial charge in [-0.3, -0.25) is 9.59 Å². The maximum absolute atomic E-state index is 12.2. The summed E-state index contributed by atoms with van der Waals surface area (Å²) in [5.74, 6) is -0.768. The molecule has 0 aliphatic carbocycles. The molecule has 0 radical (unpaired) electrons. The molecule has 1 aromatic rings. The largest absolute Gasteiger partial charge is 0.337 e. The number of rotatable bonds is 7. The van der Waals surface area contributed by atoms with Gasteiger partial charge in [0.1, 0.15) is 0 Å². The summed E-state index contributed by atoms with van der Waals surface area (Å²) in [4.78, 5) is 25.8. The van der Waals surface area contributed by atoms with Gasteiger partial charge in [0.25, 0.3) is 5.91 Å². The minimum Gasteiger partial charge on any atom is -0.337 e. The van der Waals surface area contributed by atoms with Crippen LogP contribution in [-0.2, 0) is 16.0 Å². The summed E-state index contributed by atoms with van der Waals surface area (Å²) in [6.45, 7) is 4.87. The molecule has 0 saturated heterocycles. The number of amides is 1. The number of hydrogen-bond donors (Lipinski definition) is 1. The molecular formula is C15H22N2O2. The SMILES string of the molecule is CCN(CC)C(=O)C(=O)C(Cc1ccccc1)NC. The Balaban J connectivity index is 2.74. The van der Waals surface area contributed by atoms with Crippen molar-refractivity contribution in [2.45, 2.75) is 26.3 Å². The molecule has 19 heavy (non-hydrogen) atoms. The van der Waals surface area contributed by atoms with Gasteiger partial charge >= 0.3 is 0 Å². The van der Waals surface area contributed by atoms with E-state index >= 15 is 0 Å². The number of nitrogens with one attached hydrogen (secondary N) is 1. The lowest BCUT2D eigenvalue weighted by Crippen LogP contribution is -2.47. The zero-order valence-electron chi connectivity index (χ0n) is 11.8. The van der Waals surface area contributed by atoms with Crippen molar-refractivity contribution in [1.82, 2.24) is 10.2 Å². The van der Waals surface area contributed by atoms with Crippen molar-refractivity contribution in [3.63, 3.8) is 0 Å². The Morgan fingerprint density at radius 2 is 1.74 bits per heavy atom. The second-order valence-corrected chi connectivity index (χ2v) is 4.37. The van der Waals surface area contributed by atoms with Crippen LogP contribution in [-0.4, -0.2) is 42.8 Å². The van der Waals surface area contributed by atoms with Crippen molar-refractivity contribution in [1.29, 1.82) is 0 Å². The highest BCUT2D eigenvalue weighted by Gasteiger charge is 2.27. The van der Waals surface area contributed by atoms with E-state index in [0.29, 0.717) is 19.5 Å². The molecule has 104 valence electrons. The van der Waals surface area contributed by atoms with Crippen LogP contribution in [0.4, 0.5) is 0 Å². The molecule has 0 heterocycles. The number of nitrogens with zero attached hydrogens (tertiary/aromatic N) is 1. The monoisotopic (exact) mass is 262 g/mol. The van der Waals surface area contributed by atoms with E-state index in [1.165, 1.54) is 0 Å². The molecule has 0 saturated carbocycles. The first-order valence-electron chi connectivity index (χ1n) is 6.68. The molecule has 1 aromatic carbocycles. The van der Waals surface area contributed by atoms with E-state index in [9.17, 15) is 9.59 Å². The van der Waals surface area contributed by atoms with Crippen molar-refractivity contribution in [2.75, 3.05) is 20.1 Å². The van der Waals surface area contributed by atoms with Gasteiger partial charge < -0.3 is 10.2 Å². The Bertz CT molecular complexity index is 413. The van der Waals surface area contributed by atoms with E-state index in [1.54, 1.807) is 11.9 Å². The Kier molecular flexibility index (Phi) is 6.22. The average Bonchev–Trinajstić information content (AvgIpc) is 2.46. The number of benzene rings is 1. The third-order valence-corrected chi connectivity index (χ3v) is 3.21. The number of hydrogen-bond acceptors (Lipinski definition) is 3. The maximum atomic E-state index is 12.2. The van der Waals surface area contributed by atoms with E-state index < -0.39 is 11.9 Å². The number of likely N-dealkylation sites (N-methyl/N-ethyl adjacent to an activating group) is 2. The van der Waals surface area contributed by atoms with Gasteiger partial charge in [0.05, 0.1) is 6.04 Å². The van der Waals surface area contributed by atoms with Crippen LogP contribution < -0.4 is 5.32 Å². The lowest BCUT2D eigenvalue weighted by Gasteiger charge is -2.21. The highest BCUT2D eigenvalue weighted by Crippen LogP contribution is 2.05. The minimum atomic E-state index is -0.463. The Morgan fingerprint density at radius 3 is 2.21 bits per heavy atom. The van der Waals surface area contributed by atoms with Crippen molar-refractivity contribution >= 4 is 11.7 Å². The summed E-state index contributed by atoms with van der Waals surface area (Å²) >= 11 is 0. The van der Waals surface area contributed by atoms with Crippen molar-refractivity contribution in [2.24, 2.45) is 0 Å². The van der Waals surface area contributed by atoms with Crippen LogP contribution in [0.3, 0.4) is 0 Å². The fourth-order valence-electron chi connectivity index (χ4n) is 1.99. The lowest BCUT2D eigenvalue weighted by molar-refractivity contribution is -0.145. The van der Waals surface area contributed by atoms with E-state index in [2.05, 4.69) is 5.32 Å². The third kappa shape index (κ3) is 4.17. The first-order valence-corrected chi connectivity index (χ1v) is 6.68. The molecule has 0 aliphatic heterocycles. The van der Waals surface area contributed by atoms with E-state index in [0.717, 1.165) is 5.56 Å². The fourth-order valence-corrected chi connectivity index (χ4v) is 1.99. The van der Waals surface area contributed by atoms with Gasteiger partial charge in [-0.05, 0) is 32.9 Å². The number of ketones is 1. The van der Waals surface area contributed by atoms with E-state index in [4.69, 9.17) is 0 Å². The molecule has 0 spiro atoms. The Morgan fingerprint density at radius 1 is 1.16 bits per heavy atom. The summed E-state index contributed by atoms with van der Waals surface area (Å²) in [7, 11) is 1.71. The molecule has 1 atom stereocenters. The molecule has 1 N–H and O–H groups in total. The molecule has 0 bridgehead atoms. The quantitative estimate of drug-likeness (QED) is 0.753. The Labute approximate surface area is 114 Å². The zero-order valence-corrected chi connectivity index (χ0v) is 11.8. The molecular weight excluding hydrogens is 240 g/mol. The van der Waals surface area contributed by atoms with Crippen LogP contribution in [0.2, 0.25) is 0 Å². The molecule has 1 unspecified atom stereocenters. The smallest absolute Gasteiger partial charge is 0.291 e. The maximum Gasteiger partial charge on any atom is 0.291 e. The summed E-state index contributed by atoms with van der Waals surface area (Å²) in [6, 6.07) is 9.24. The van der Waals surface area contributed by atoms with Crippen LogP contribution in [0.15, 0.2) is 30.3 Å². The fraction of sp³-hybridized carbons (Fsp3) is 0.467. The first kappa shape index (κ1) is 15.4. The van der Waals surface area contributed by atoms with Gasteiger partial charge in [0, 0.05) is 13.1 Å². The topological polar surface area (TPSA) is 49.4 Å². The average molecular weight is 262 g/mol. The number of carbonyl (C=O) groups excluding carboxylic acids is 2. The van der Waals surface area contributed by atoms with Crippen LogP contribution in [0.1, 0.15) is 19.4 Å². The van der Waals surface area contributed by atoms with E-state index in [-0.39, 0.29) is 5.78 Å². The van der Waals surface area contributed by atoms with Gasteiger partial charge in [0.15, 0.2) is 0 Å². The molecule has 1 rings (SSSR count). The molecule has 4 nitrogen and oxygen atoms in total. The standard InChI is InChI=1S/C15H22N2O2/c1-4-17(5-2)15(19)14(18)13(16-3)11-12-9-7-6-8-10-12/h6-10,13,16H,4-5,11H2,1-3H3. The number of carbonyl (C=O) groups is 2. The molecule has 0 aliphatic rings. The van der Waals surface area contributed by atoms with Crippen LogP contribution in [0.5, 0.6) is 0 Å². The van der Waals surface area contributed by atoms with Gasteiger partial charge in [-0.1, -0.05) is 30.3 Å². The second-order valence-electron chi connectivity index (χ2n) is 4.37. The summed E-state index contributed by atoms with van der Waals surface area (Å²) in [6.07, 6.45) is 0.531. The molecule has 0 aromatic heterocycles. The highest BCUT2D eigenvalue weighted by molar-refractivity contribution is 6.38. The van der Waals surface area contributed by atoms with E-state index in [1.807, 2.05) is 44.2 Å². The number of Topliss-reactive ketones (excluding diaryl/α,β-unsaturated/α-hetero) is 1. The van der Waals surface area contributed by atoms with Crippen molar-refractivity contribution < 1.29 is 9.59 Å². The van der Waals surface area contributed by atoms with Gasteiger partial charge in [-0.25, -0.2) is 0 Å². The van der Waals surface area contributed by atoms with Gasteiger partial charge in [-0.2, -0.15) is 0 Å². The molecule has 4 heteroatoms. The summed E-state index contributed by atoms with van der Waals surface area (Å²) in [5, 5.41) is 2.94. The molecule has 1 amide bonds. The van der Waals surface area contributed by atoms with Crippen molar-refractivity contribution in [3.8, 4) is 0 Å². The van der Waals surface area contributed by atoms with Crippen LogP contribution >= 0.6 is 0 Å². The Hall–Kier alpha value is -1.68. The van der Waals surface area contributed by atoms with Crippen LogP contribution in [0, 0.1) is 0 Å². The van der Waals surface area contributed by atoms with Gasteiger partial charge in [0.2, 0.25) is 5.78 Å². The van der Waals surface area contributed by atoms with Crippen LogP contribution in [0.25, 0.3) is 0 Å². The third-order valence-electron chi connectivity index (χ3n) is 3.21. The normalized spacial score (nSPS) is 11.9. The lowest BCUT2D eigenvalue weighted by atomic mass is 10.0.